The molecule has 0 aliphatic carbocycles. The fourth-order valence-corrected chi connectivity index (χ4v) is 6.24. The van der Waals surface area contributed by atoms with Crippen molar-refractivity contribution >= 4 is 45.8 Å². The van der Waals surface area contributed by atoms with Gasteiger partial charge in [0.1, 0.15) is 0 Å². The summed E-state index contributed by atoms with van der Waals surface area (Å²) in [6, 6.07) is 40.0. The lowest BCUT2D eigenvalue weighted by Crippen LogP contribution is -2.37. The zero-order valence-corrected chi connectivity index (χ0v) is 20.3. The summed E-state index contributed by atoms with van der Waals surface area (Å²) in [5.41, 5.74) is 6.35. The molecule has 0 aliphatic rings. The molecule has 33 heavy (non-hydrogen) atoms. The maximum absolute atomic E-state index is 2.44. The van der Waals surface area contributed by atoms with Crippen LogP contribution in [0.25, 0.3) is 49.4 Å². The van der Waals surface area contributed by atoms with E-state index in [0.717, 1.165) is 0 Å². The van der Waals surface area contributed by atoms with Crippen LogP contribution in [0.5, 0.6) is 0 Å². The predicted octanol–water partition coefficient (Wildman–Crippen LogP) is 8.15. The summed E-state index contributed by atoms with van der Waals surface area (Å²) in [6.45, 7) is 7.26. The molecule has 1 heterocycles. The standard InChI is InChI=1S/C31H27NSi/c1-33(2,3)25-16-11-13-22(20-25)28-21-23-12-7-8-17-26(23)31-30(28)27-18-9-10-19-29(27)32(31)24-14-5-4-6-15-24/h4-21H,1-3H3. The van der Waals surface area contributed by atoms with Crippen LogP contribution in [-0.2, 0) is 0 Å². The molecule has 1 aromatic heterocycles. The molecule has 6 rings (SSSR count). The fourth-order valence-electron chi connectivity index (χ4n) is 5.06. The second-order valence-electron chi connectivity index (χ2n) is 9.89. The predicted molar refractivity (Wildman–Crippen MR) is 147 cm³/mol. The number of rotatable bonds is 3. The van der Waals surface area contributed by atoms with Gasteiger partial charge in [-0.25, -0.2) is 0 Å². The molecule has 2 heteroatoms. The van der Waals surface area contributed by atoms with Crippen molar-refractivity contribution in [2.45, 2.75) is 19.6 Å². The topological polar surface area (TPSA) is 4.93 Å². The van der Waals surface area contributed by atoms with Gasteiger partial charge in [0.2, 0.25) is 0 Å². The van der Waals surface area contributed by atoms with Gasteiger partial charge in [-0.3, -0.25) is 0 Å². The minimum absolute atomic E-state index is 1.20. The van der Waals surface area contributed by atoms with E-state index in [0.29, 0.717) is 0 Å². The van der Waals surface area contributed by atoms with Crippen molar-refractivity contribution in [3.8, 4) is 16.8 Å². The van der Waals surface area contributed by atoms with Crippen LogP contribution in [0.3, 0.4) is 0 Å². The number of fused-ring (bicyclic) bond motifs is 5. The van der Waals surface area contributed by atoms with Crippen molar-refractivity contribution in [2.24, 2.45) is 0 Å². The Bertz CT molecular complexity index is 1640. The highest BCUT2D eigenvalue weighted by atomic mass is 28.3. The highest BCUT2D eigenvalue weighted by Gasteiger charge is 2.21. The minimum atomic E-state index is -1.43. The summed E-state index contributed by atoms with van der Waals surface area (Å²) in [4.78, 5) is 0. The molecular formula is C31H27NSi. The molecule has 0 spiro atoms. The average molecular weight is 442 g/mol. The molecule has 0 atom stereocenters. The largest absolute Gasteiger partial charge is 0.309 e. The Labute approximate surface area is 195 Å². The van der Waals surface area contributed by atoms with Crippen molar-refractivity contribution < 1.29 is 0 Å². The summed E-state index contributed by atoms with van der Waals surface area (Å²) in [5, 5.41) is 6.69. The lowest BCUT2D eigenvalue weighted by molar-refractivity contribution is 1.19. The van der Waals surface area contributed by atoms with Crippen LogP contribution in [0.2, 0.25) is 19.6 Å². The molecule has 0 aliphatic heterocycles. The van der Waals surface area contributed by atoms with Crippen LogP contribution >= 0.6 is 0 Å². The van der Waals surface area contributed by atoms with E-state index in [4.69, 9.17) is 0 Å². The van der Waals surface area contributed by atoms with E-state index >= 15 is 0 Å². The molecule has 160 valence electrons. The van der Waals surface area contributed by atoms with Gasteiger partial charge in [-0.1, -0.05) is 110 Å². The van der Waals surface area contributed by atoms with Gasteiger partial charge in [0.15, 0.2) is 0 Å². The van der Waals surface area contributed by atoms with Crippen LogP contribution in [0.15, 0.2) is 109 Å². The lowest BCUT2D eigenvalue weighted by Gasteiger charge is -2.18. The summed E-state index contributed by atoms with van der Waals surface area (Å²) in [6.07, 6.45) is 0. The number of para-hydroxylation sites is 2. The molecule has 0 saturated carbocycles. The molecule has 0 saturated heterocycles. The van der Waals surface area contributed by atoms with Gasteiger partial charge in [-0.15, -0.1) is 0 Å². The summed E-state index contributed by atoms with van der Waals surface area (Å²) >= 11 is 0. The van der Waals surface area contributed by atoms with Crippen LogP contribution in [0, 0.1) is 0 Å². The van der Waals surface area contributed by atoms with Crippen molar-refractivity contribution in [1.29, 1.82) is 0 Å². The van der Waals surface area contributed by atoms with Crippen molar-refractivity contribution in [3.05, 3.63) is 109 Å². The highest BCUT2D eigenvalue weighted by Crippen LogP contribution is 2.42. The van der Waals surface area contributed by atoms with Crippen molar-refractivity contribution in [2.75, 3.05) is 0 Å². The Hall–Kier alpha value is -3.62. The smallest absolute Gasteiger partial charge is 0.0776 e. The maximum Gasteiger partial charge on any atom is 0.0776 e. The van der Waals surface area contributed by atoms with Crippen molar-refractivity contribution in [3.63, 3.8) is 0 Å². The average Bonchev–Trinajstić information content (AvgIpc) is 3.19. The Morgan fingerprint density at radius 2 is 1.30 bits per heavy atom. The number of nitrogens with zero attached hydrogens (tertiary/aromatic N) is 1. The van der Waals surface area contributed by atoms with Crippen LogP contribution in [0.4, 0.5) is 0 Å². The van der Waals surface area contributed by atoms with E-state index in [1.807, 2.05) is 0 Å². The SMILES string of the molecule is C[Si](C)(C)c1cccc(-c2cc3ccccc3c3c2c2ccccc2n3-c2ccccc2)c1. The van der Waals surface area contributed by atoms with E-state index in [1.165, 1.54) is 54.6 Å². The normalized spacial score (nSPS) is 12.1. The van der Waals surface area contributed by atoms with Crippen LogP contribution in [0.1, 0.15) is 0 Å². The minimum Gasteiger partial charge on any atom is -0.309 e. The van der Waals surface area contributed by atoms with Gasteiger partial charge < -0.3 is 4.57 Å². The summed E-state index contributed by atoms with van der Waals surface area (Å²) < 4.78 is 2.44. The molecule has 6 aromatic rings. The first-order valence-corrected chi connectivity index (χ1v) is 15.1. The van der Waals surface area contributed by atoms with E-state index in [2.05, 4.69) is 133 Å². The monoisotopic (exact) mass is 441 g/mol. The molecule has 0 radical (unpaired) electrons. The number of aromatic nitrogens is 1. The van der Waals surface area contributed by atoms with E-state index < -0.39 is 8.07 Å². The summed E-state index contributed by atoms with van der Waals surface area (Å²) in [5.74, 6) is 0. The number of hydrogen-bond acceptors (Lipinski definition) is 0. The molecule has 0 unspecified atom stereocenters. The maximum atomic E-state index is 2.44. The van der Waals surface area contributed by atoms with Gasteiger partial charge in [0, 0.05) is 21.8 Å². The molecule has 5 aromatic carbocycles. The Balaban J connectivity index is 1.83. The zero-order valence-electron chi connectivity index (χ0n) is 19.3. The Morgan fingerprint density at radius 3 is 2.09 bits per heavy atom. The molecule has 0 amide bonds. The van der Waals surface area contributed by atoms with E-state index in [-0.39, 0.29) is 0 Å². The molecular weight excluding hydrogens is 414 g/mol. The third kappa shape index (κ3) is 3.21. The van der Waals surface area contributed by atoms with Gasteiger partial charge >= 0.3 is 0 Å². The number of hydrogen-bond donors (Lipinski definition) is 0. The van der Waals surface area contributed by atoms with Crippen LogP contribution in [-0.4, -0.2) is 12.6 Å². The van der Waals surface area contributed by atoms with E-state index in [1.54, 1.807) is 0 Å². The lowest BCUT2D eigenvalue weighted by atomic mass is 9.95. The van der Waals surface area contributed by atoms with Gasteiger partial charge in [-0.05, 0) is 40.8 Å². The second-order valence-corrected chi connectivity index (χ2v) is 15.0. The quantitative estimate of drug-likeness (QED) is 0.244. The first-order valence-electron chi connectivity index (χ1n) is 11.6. The fraction of sp³-hybridized carbons (Fsp3) is 0.0968. The van der Waals surface area contributed by atoms with Gasteiger partial charge in [-0.2, -0.15) is 0 Å². The Morgan fingerprint density at radius 1 is 0.606 bits per heavy atom. The highest BCUT2D eigenvalue weighted by molar-refractivity contribution is 6.88. The first kappa shape index (κ1) is 20.0. The summed E-state index contributed by atoms with van der Waals surface area (Å²) in [7, 11) is -1.43. The number of benzene rings is 5. The second kappa shape index (κ2) is 7.46. The molecule has 0 bridgehead atoms. The van der Waals surface area contributed by atoms with Gasteiger partial charge in [0.25, 0.3) is 0 Å². The van der Waals surface area contributed by atoms with Crippen molar-refractivity contribution in [1.82, 2.24) is 4.57 Å². The molecule has 0 fully saturated rings. The zero-order chi connectivity index (χ0) is 22.6. The van der Waals surface area contributed by atoms with Gasteiger partial charge in [0.05, 0.1) is 19.1 Å². The first-order chi connectivity index (χ1) is 16.0. The third-order valence-electron chi connectivity index (χ3n) is 6.71. The van der Waals surface area contributed by atoms with E-state index in [9.17, 15) is 0 Å². The molecule has 1 nitrogen and oxygen atoms in total. The van der Waals surface area contributed by atoms with Crippen LogP contribution < -0.4 is 5.19 Å². The molecule has 0 N–H and O–H groups in total. The Kier molecular flexibility index (Phi) is 4.53. The third-order valence-corrected chi connectivity index (χ3v) is 8.76.